The summed E-state index contributed by atoms with van der Waals surface area (Å²) in [5.41, 5.74) is 39.1. The summed E-state index contributed by atoms with van der Waals surface area (Å²) >= 11 is 1.96. The van der Waals surface area contributed by atoms with Crippen molar-refractivity contribution in [2.24, 2.45) is 0 Å². The molecular formula is C115H94B2N6S. The third-order valence-electron chi connectivity index (χ3n) is 27.5. The number of thiophene rings is 1. The van der Waals surface area contributed by atoms with Crippen LogP contribution in [0.5, 0.6) is 0 Å². The van der Waals surface area contributed by atoms with Gasteiger partial charge in [0, 0.05) is 123 Å². The van der Waals surface area contributed by atoms with E-state index in [4.69, 9.17) is 0 Å². The van der Waals surface area contributed by atoms with Crippen molar-refractivity contribution in [1.29, 1.82) is 0 Å². The largest absolute Gasteiger partial charge is 0.311 e. The molecule has 0 radical (unpaired) electrons. The fourth-order valence-electron chi connectivity index (χ4n) is 22.0. The summed E-state index contributed by atoms with van der Waals surface area (Å²) in [7, 11) is 0. The molecule has 16 aromatic carbocycles. The molecule has 6 nitrogen and oxygen atoms in total. The number of allylic oxidation sites excluding steroid dienone is 1. The Morgan fingerprint density at radius 3 is 1.15 bits per heavy atom. The third kappa shape index (κ3) is 12.9. The van der Waals surface area contributed by atoms with Crippen LogP contribution < -0.4 is 56.0 Å². The Morgan fingerprint density at radius 1 is 0.298 bits per heavy atom. The van der Waals surface area contributed by atoms with Crippen LogP contribution in [0.2, 0.25) is 0 Å². The molecule has 0 spiro atoms. The van der Waals surface area contributed by atoms with Gasteiger partial charge >= 0.3 is 0 Å². The zero-order chi connectivity index (χ0) is 82.4. The van der Waals surface area contributed by atoms with Crippen molar-refractivity contribution in [2.45, 2.75) is 95.3 Å². The summed E-state index contributed by atoms with van der Waals surface area (Å²) < 4.78 is 2.71. The van der Waals surface area contributed by atoms with Gasteiger partial charge in [-0.2, -0.15) is 0 Å². The maximum Gasteiger partial charge on any atom is 0.264 e. The van der Waals surface area contributed by atoms with E-state index in [1.807, 2.05) is 11.3 Å². The summed E-state index contributed by atoms with van der Waals surface area (Å²) in [6.45, 7) is 4.97. The fraction of sp³-hybridized carbons (Fsp3) is 0.130. The molecular weight excluding hydrogens is 1520 g/mol. The number of hydrogen-bond donors (Lipinski definition) is 0. The van der Waals surface area contributed by atoms with Crippen LogP contribution in [0.25, 0.3) is 38.0 Å². The fourth-order valence-corrected chi connectivity index (χ4v) is 23.3. The maximum atomic E-state index is 2.68. The molecule has 3 aliphatic carbocycles. The Balaban J connectivity index is 0.000000143. The SMILES string of the molecule is CC1(C)C2=C(c3ccccc31)N(c1cccc(-c3ccccc3)c1)c1cc(C3CCCCC3)cc3c1B2c1cc(N(c2ccccc2)c2ccccc2)ccc1N3c1ccccc1.c1ccc(-c2cccc(N3c4cc(C5CCCCC5)cc5c4B(c4cc(N(c6ccccc6)c6ccccc6)ccc4N5c4ccccc4)c4sc5ccccc5c43)c2)cc1. The molecule has 0 unspecified atom stereocenters. The van der Waals surface area contributed by atoms with E-state index in [9.17, 15) is 0 Å². The smallest absolute Gasteiger partial charge is 0.264 e. The second-order valence-corrected chi connectivity index (χ2v) is 36.2. The number of hydrogen-bond acceptors (Lipinski definition) is 7. The lowest BCUT2D eigenvalue weighted by atomic mass is 9.30. The molecule has 4 aliphatic heterocycles. The highest BCUT2D eigenvalue weighted by molar-refractivity contribution is 7.33. The van der Waals surface area contributed by atoms with Gasteiger partial charge in [-0.3, -0.25) is 0 Å². The zero-order valence-corrected chi connectivity index (χ0v) is 70.9. The Labute approximate surface area is 733 Å². The first-order valence-electron chi connectivity index (χ1n) is 44.7. The topological polar surface area (TPSA) is 19.4 Å². The van der Waals surface area contributed by atoms with E-state index in [1.54, 1.807) is 0 Å². The van der Waals surface area contributed by atoms with Gasteiger partial charge in [-0.15, -0.1) is 11.3 Å². The maximum absolute atomic E-state index is 2.68. The zero-order valence-electron chi connectivity index (χ0n) is 70.1. The van der Waals surface area contributed by atoms with Crippen LogP contribution in [0, 0.1) is 0 Å². The van der Waals surface area contributed by atoms with Gasteiger partial charge in [-0.1, -0.05) is 294 Å². The van der Waals surface area contributed by atoms with E-state index in [0.717, 1.165) is 34.1 Å². The van der Waals surface area contributed by atoms with Gasteiger partial charge < -0.3 is 29.4 Å². The number of para-hydroxylation sites is 6. The van der Waals surface area contributed by atoms with Crippen LogP contribution in [0.3, 0.4) is 0 Å². The Morgan fingerprint density at radius 2 is 0.669 bits per heavy atom. The van der Waals surface area contributed by atoms with E-state index in [1.165, 1.54) is 219 Å². The van der Waals surface area contributed by atoms with Gasteiger partial charge in [0.15, 0.2) is 0 Å². The quantitative estimate of drug-likeness (QED) is 0.100. The molecule has 7 aliphatic rings. The normalized spacial score (nSPS) is 15.2. The summed E-state index contributed by atoms with van der Waals surface area (Å²) in [5.74, 6) is 1.05. The van der Waals surface area contributed by atoms with Crippen LogP contribution in [0.15, 0.2) is 406 Å². The molecule has 17 aromatic rings. The van der Waals surface area contributed by atoms with Gasteiger partial charge in [0.1, 0.15) is 0 Å². The van der Waals surface area contributed by atoms with Crippen molar-refractivity contribution in [3.63, 3.8) is 0 Å². The summed E-state index contributed by atoms with van der Waals surface area (Å²) in [4.78, 5) is 15.3. The molecule has 596 valence electrons. The molecule has 0 bridgehead atoms. The van der Waals surface area contributed by atoms with Crippen LogP contribution >= 0.6 is 11.3 Å². The molecule has 2 saturated carbocycles. The van der Waals surface area contributed by atoms with Gasteiger partial charge in [0.25, 0.3) is 6.71 Å². The number of nitrogens with zero attached hydrogens (tertiary/aromatic N) is 6. The lowest BCUT2D eigenvalue weighted by Crippen LogP contribution is -2.60. The molecule has 0 saturated heterocycles. The summed E-state index contributed by atoms with van der Waals surface area (Å²) in [6.07, 6.45) is 12.7. The lowest BCUT2D eigenvalue weighted by molar-refractivity contribution is 0.444. The average Bonchev–Trinajstić information content (AvgIpc) is 1.45. The van der Waals surface area contributed by atoms with E-state index >= 15 is 0 Å². The average molecular weight is 1610 g/mol. The minimum atomic E-state index is -0.260. The summed E-state index contributed by atoms with van der Waals surface area (Å²) in [6, 6.07) is 149. The van der Waals surface area contributed by atoms with Crippen molar-refractivity contribution >= 4 is 164 Å². The van der Waals surface area contributed by atoms with Crippen LogP contribution in [0.1, 0.15) is 112 Å². The molecule has 2 fully saturated rings. The Kier molecular flexibility index (Phi) is 19.1. The number of rotatable bonds is 14. The molecule has 1 aromatic heterocycles. The third-order valence-corrected chi connectivity index (χ3v) is 28.8. The van der Waals surface area contributed by atoms with Gasteiger partial charge in [0.2, 0.25) is 6.71 Å². The lowest BCUT2D eigenvalue weighted by Gasteiger charge is -2.47. The van der Waals surface area contributed by atoms with Gasteiger partial charge in [-0.05, 0) is 262 Å². The highest BCUT2D eigenvalue weighted by Crippen LogP contribution is 2.59. The number of fused-ring (bicyclic) bond motifs is 11. The van der Waals surface area contributed by atoms with E-state index in [-0.39, 0.29) is 18.8 Å². The number of benzene rings is 16. The van der Waals surface area contributed by atoms with Gasteiger partial charge in [0.05, 0.1) is 5.69 Å². The first-order valence-corrected chi connectivity index (χ1v) is 45.6. The predicted molar refractivity (Wildman–Crippen MR) is 529 cm³/mol. The second-order valence-electron chi connectivity index (χ2n) is 35.1. The molecule has 124 heavy (non-hydrogen) atoms. The Hall–Kier alpha value is -13.9. The minimum Gasteiger partial charge on any atom is -0.311 e. The first-order chi connectivity index (χ1) is 61.3. The van der Waals surface area contributed by atoms with Crippen molar-refractivity contribution in [1.82, 2.24) is 0 Å². The molecule has 9 heteroatoms. The highest BCUT2D eigenvalue weighted by atomic mass is 32.1. The van der Waals surface area contributed by atoms with Crippen LogP contribution in [0.4, 0.5) is 96.7 Å². The van der Waals surface area contributed by atoms with Crippen LogP contribution in [-0.2, 0) is 5.41 Å². The second kappa shape index (κ2) is 31.6. The Bertz CT molecular complexity index is 6810. The molecule has 24 rings (SSSR count). The van der Waals surface area contributed by atoms with Crippen molar-refractivity contribution in [3.05, 3.63) is 428 Å². The van der Waals surface area contributed by atoms with Crippen molar-refractivity contribution in [3.8, 4) is 22.3 Å². The predicted octanol–water partition coefficient (Wildman–Crippen LogP) is 28.8. The first kappa shape index (κ1) is 75.1. The van der Waals surface area contributed by atoms with E-state index in [2.05, 4.69) is 444 Å². The molecule has 0 atom stereocenters. The molecule has 0 amide bonds. The highest BCUT2D eigenvalue weighted by Gasteiger charge is 2.54. The van der Waals surface area contributed by atoms with E-state index < -0.39 is 0 Å². The minimum absolute atomic E-state index is 0.00432. The van der Waals surface area contributed by atoms with Crippen molar-refractivity contribution < 1.29 is 0 Å². The van der Waals surface area contributed by atoms with E-state index in [0.29, 0.717) is 11.8 Å². The number of anilines is 17. The molecule has 0 N–H and O–H groups in total. The van der Waals surface area contributed by atoms with Crippen LogP contribution in [-0.4, -0.2) is 13.4 Å². The summed E-state index contributed by atoms with van der Waals surface area (Å²) in [5, 5.41) is 1.31. The monoisotopic (exact) mass is 1610 g/mol. The standard InChI is InChI=1S/C59H50BN3.C56H44BN3S/c1-59(2)51-34-19-18-33-50(51)57-58(59)60-52-40-49(61(45-26-12-5-13-27-45)46-28-14-6-15-29-46)35-36-53(52)62(47-30-16-7-17-31-47)54-38-44(42-23-10-4-11-24-42)39-55(56(54)60)63(57)48-32-20-25-43(37-48)41-21-8-3-9-22-41;1-6-19-39(20-7-1)41-23-18-30-46(35-41)60-52-37-42(40-21-8-2-9-22-40)36-51-54(52)57(56-55(60)48-31-16-17-32-53(48)61-56)49-38-47(33-34-50(49)59(51)45-28-14-5-15-29-45)58(43-24-10-3-11-25-43)44-26-12-4-13-27-44/h3,5-9,12-22,25-40,42H,4,10-11,23-24H2,1-2H3;1,3-7,10-20,23-38,40H,2,8-9,21-22H2. The van der Waals surface area contributed by atoms with Gasteiger partial charge in [-0.25, -0.2) is 0 Å². The molecule has 5 heterocycles. The van der Waals surface area contributed by atoms with Crippen molar-refractivity contribution in [2.75, 3.05) is 29.4 Å².